The largest absolute Gasteiger partial charge is 0.479 e. The van der Waals surface area contributed by atoms with Crippen LogP contribution >= 0.6 is 12.0 Å². The SMILES string of the molecule is NCCCOC(=O)c1ccc(SOCC(=O)O)cc1. The Morgan fingerprint density at radius 3 is 2.53 bits per heavy atom. The van der Waals surface area contributed by atoms with Gasteiger partial charge in [0, 0.05) is 16.9 Å². The van der Waals surface area contributed by atoms with Crippen molar-refractivity contribution in [1.82, 2.24) is 0 Å². The molecular weight excluding hydrogens is 270 g/mol. The van der Waals surface area contributed by atoms with E-state index in [1.54, 1.807) is 24.3 Å². The van der Waals surface area contributed by atoms with Crippen molar-refractivity contribution in [2.75, 3.05) is 19.8 Å². The van der Waals surface area contributed by atoms with Gasteiger partial charge in [0.25, 0.3) is 0 Å². The van der Waals surface area contributed by atoms with Crippen LogP contribution in [0.15, 0.2) is 29.2 Å². The van der Waals surface area contributed by atoms with Crippen LogP contribution in [-0.2, 0) is 13.7 Å². The lowest BCUT2D eigenvalue weighted by molar-refractivity contribution is -0.138. The minimum atomic E-state index is -1.03. The first-order chi connectivity index (χ1) is 9.13. The molecule has 0 aliphatic carbocycles. The quantitative estimate of drug-likeness (QED) is 0.422. The Kier molecular flexibility index (Phi) is 6.94. The molecule has 0 spiro atoms. The van der Waals surface area contributed by atoms with Gasteiger partial charge in [0.15, 0.2) is 6.61 Å². The molecule has 0 saturated heterocycles. The number of aliphatic carboxylic acids is 1. The van der Waals surface area contributed by atoms with Crippen molar-refractivity contribution >= 4 is 24.0 Å². The molecule has 0 atom stereocenters. The maximum atomic E-state index is 11.6. The number of nitrogens with two attached hydrogens (primary N) is 1. The minimum absolute atomic E-state index is 0.299. The molecule has 6 nitrogen and oxygen atoms in total. The molecule has 3 N–H and O–H groups in total. The predicted molar refractivity (Wildman–Crippen MR) is 69.8 cm³/mol. The monoisotopic (exact) mass is 285 g/mol. The Morgan fingerprint density at radius 1 is 1.26 bits per heavy atom. The molecule has 0 saturated carbocycles. The maximum Gasteiger partial charge on any atom is 0.338 e. The highest BCUT2D eigenvalue weighted by atomic mass is 32.2. The second kappa shape index (κ2) is 8.52. The summed E-state index contributed by atoms with van der Waals surface area (Å²) in [4.78, 5) is 22.5. The van der Waals surface area contributed by atoms with Crippen molar-refractivity contribution in [3.8, 4) is 0 Å². The van der Waals surface area contributed by atoms with E-state index in [0.29, 0.717) is 30.0 Å². The van der Waals surface area contributed by atoms with E-state index in [1.807, 2.05) is 0 Å². The third-order valence-electron chi connectivity index (χ3n) is 2.01. The highest BCUT2D eigenvalue weighted by Crippen LogP contribution is 2.19. The second-order valence-electron chi connectivity index (χ2n) is 3.54. The predicted octanol–water partition coefficient (Wildman–Crippen LogP) is 1.30. The van der Waals surface area contributed by atoms with Gasteiger partial charge < -0.3 is 15.6 Å². The lowest BCUT2D eigenvalue weighted by Gasteiger charge is -2.04. The van der Waals surface area contributed by atoms with E-state index in [4.69, 9.17) is 19.8 Å². The molecule has 0 fully saturated rings. The van der Waals surface area contributed by atoms with Gasteiger partial charge in [-0.05, 0) is 37.2 Å². The Balaban J connectivity index is 2.42. The summed E-state index contributed by atoms with van der Waals surface area (Å²) in [7, 11) is 0. The zero-order valence-electron chi connectivity index (χ0n) is 10.2. The number of carboxylic acid groups (broad SMARTS) is 1. The van der Waals surface area contributed by atoms with Crippen molar-refractivity contribution < 1.29 is 23.6 Å². The summed E-state index contributed by atoms with van der Waals surface area (Å²) in [5.41, 5.74) is 5.72. The molecule has 19 heavy (non-hydrogen) atoms. The van der Waals surface area contributed by atoms with Crippen LogP contribution in [0, 0.1) is 0 Å². The van der Waals surface area contributed by atoms with Gasteiger partial charge in [0.2, 0.25) is 0 Å². The van der Waals surface area contributed by atoms with Gasteiger partial charge in [-0.2, -0.15) is 0 Å². The zero-order valence-corrected chi connectivity index (χ0v) is 11.0. The first-order valence-electron chi connectivity index (χ1n) is 5.62. The zero-order chi connectivity index (χ0) is 14.1. The number of hydrogen-bond donors (Lipinski definition) is 2. The average molecular weight is 285 g/mol. The number of carbonyl (C=O) groups excluding carboxylic acids is 1. The Hall–Kier alpha value is -1.57. The summed E-state index contributed by atoms with van der Waals surface area (Å²) in [6, 6.07) is 6.51. The smallest absolute Gasteiger partial charge is 0.338 e. The van der Waals surface area contributed by atoms with Gasteiger partial charge in [0.05, 0.1) is 12.2 Å². The molecule has 0 aliphatic heterocycles. The maximum absolute atomic E-state index is 11.6. The number of benzene rings is 1. The fraction of sp³-hybridized carbons (Fsp3) is 0.333. The lowest BCUT2D eigenvalue weighted by Crippen LogP contribution is -2.10. The van der Waals surface area contributed by atoms with Crippen LogP contribution in [0.2, 0.25) is 0 Å². The van der Waals surface area contributed by atoms with Crippen LogP contribution in [0.1, 0.15) is 16.8 Å². The number of rotatable bonds is 8. The van der Waals surface area contributed by atoms with E-state index in [2.05, 4.69) is 0 Å². The molecule has 1 aromatic rings. The molecule has 0 aliphatic rings. The number of carbonyl (C=O) groups is 2. The minimum Gasteiger partial charge on any atom is -0.479 e. The summed E-state index contributed by atoms with van der Waals surface area (Å²) >= 11 is 0.941. The van der Waals surface area contributed by atoms with Crippen LogP contribution in [0.5, 0.6) is 0 Å². The molecule has 0 radical (unpaired) electrons. The van der Waals surface area contributed by atoms with Crippen LogP contribution in [-0.4, -0.2) is 36.8 Å². The van der Waals surface area contributed by atoms with Crippen LogP contribution in [0.4, 0.5) is 0 Å². The summed E-state index contributed by atoms with van der Waals surface area (Å²) in [6.07, 6.45) is 0.628. The van der Waals surface area contributed by atoms with Crippen LogP contribution in [0.3, 0.4) is 0 Å². The van der Waals surface area contributed by atoms with Gasteiger partial charge >= 0.3 is 11.9 Å². The van der Waals surface area contributed by atoms with E-state index in [9.17, 15) is 9.59 Å². The van der Waals surface area contributed by atoms with E-state index >= 15 is 0 Å². The van der Waals surface area contributed by atoms with E-state index in [1.165, 1.54) is 0 Å². The first-order valence-corrected chi connectivity index (χ1v) is 6.36. The molecular formula is C12H15NO5S. The van der Waals surface area contributed by atoms with E-state index in [-0.39, 0.29) is 6.61 Å². The number of carboxylic acids is 1. The third-order valence-corrected chi connectivity index (χ3v) is 2.71. The highest BCUT2D eigenvalue weighted by Gasteiger charge is 2.07. The molecule has 0 unspecified atom stereocenters. The van der Waals surface area contributed by atoms with Crippen molar-refractivity contribution in [3.05, 3.63) is 29.8 Å². The topological polar surface area (TPSA) is 98.9 Å². The molecule has 0 heterocycles. The van der Waals surface area contributed by atoms with Gasteiger partial charge in [0.1, 0.15) is 0 Å². The first kappa shape index (κ1) is 15.5. The Morgan fingerprint density at radius 2 is 1.95 bits per heavy atom. The molecule has 0 bridgehead atoms. The lowest BCUT2D eigenvalue weighted by atomic mass is 10.2. The molecule has 1 aromatic carbocycles. The Bertz CT molecular complexity index is 421. The summed E-state index contributed by atoms with van der Waals surface area (Å²) in [5, 5.41) is 8.40. The normalized spacial score (nSPS) is 10.2. The fourth-order valence-corrected chi connectivity index (χ4v) is 1.67. The van der Waals surface area contributed by atoms with Gasteiger partial charge in [-0.3, -0.25) is 4.18 Å². The summed E-state index contributed by atoms with van der Waals surface area (Å²) in [6.45, 7) is 0.394. The summed E-state index contributed by atoms with van der Waals surface area (Å²) < 4.78 is 9.83. The standard InChI is InChI=1S/C12H15NO5S/c13-6-1-7-17-12(16)9-2-4-10(5-3-9)19-18-8-11(14)15/h2-5H,1,6-8,13H2,(H,14,15). The van der Waals surface area contributed by atoms with E-state index in [0.717, 1.165) is 12.0 Å². The van der Waals surface area contributed by atoms with Gasteiger partial charge in [-0.1, -0.05) is 0 Å². The fourth-order valence-electron chi connectivity index (χ4n) is 1.13. The van der Waals surface area contributed by atoms with E-state index < -0.39 is 11.9 Å². The van der Waals surface area contributed by atoms with Crippen molar-refractivity contribution in [2.45, 2.75) is 11.3 Å². The molecule has 1 rings (SSSR count). The van der Waals surface area contributed by atoms with Crippen LogP contribution in [0.25, 0.3) is 0 Å². The summed E-state index contributed by atoms with van der Waals surface area (Å²) in [5.74, 6) is -1.44. The number of esters is 1. The van der Waals surface area contributed by atoms with Gasteiger partial charge in [-0.25, -0.2) is 9.59 Å². The molecule has 7 heteroatoms. The Labute approximate surface area is 115 Å². The van der Waals surface area contributed by atoms with Crippen LogP contribution < -0.4 is 5.73 Å². The van der Waals surface area contributed by atoms with Crippen molar-refractivity contribution in [2.24, 2.45) is 5.73 Å². The molecule has 104 valence electrons. The molecule has 0 amide bonds. The third kappa shape index (κ3) is 6.23. The number of ether oxygens (including phenoxy) is 1. The average Bonchev–Trinajstić information content (AvgIpc) is 2.39. The second-order valence-corrected chi connectivity index (χ2v) is 4.42. The van der Waals surface area contributed by atoms with Crippen molar-refractivity contribution in [1.29, 1.82) is 0 Å². The highest BCUT2D eigenvalue weighted by molar-refractivity contribution is 7.94. The number of hydrogen-bond acceptors (Lipinski definition) is 6. The van der Waals surface area contributed by atoms with Crippen molar-refractivity contribution in [3.63, 3.8) is 0 Å². The van der Waals surface area contributed by atoms with Gasteiger partial charge in [-0.15, -0.1) is 0 Å². The molecule has 0 aromatic heterocycles.